The van der Waals surface area contributed by atoms with Crippen LogP contribution >= 0.6 is 11.8 Å². The number of thioether (sulfide) groups is 1. The van der Waals surface area contributed by atoms with Gasteiger partial charge >= 0.3 is 18.2 Å². The molecule has 0 aromatic heterocycles. The van der Waals surface area contributed by atoms with Crippen LogP contribution in [0.15, 0.2) is 91.0 Å². The minimum atomic E-state index is -1.17. The van der Waals surface area contributed by atoms with E-state index in [-0.39, 0.29) is 25.4 Å². The summed E-state index contributed by atoms with van der Waals surface area (Å²) in [4.78, 5) is 49.6. The van der Waals surface area contributed by atoms with Gasteiger partial charge in [-0.15, -0.1) is 0 Å². The zero-order chi connectivity index (χ0) is 30.7. The highest BCUT2D eigenvalue weighted by Gasteiger charge is 2.27. The lowest BCUT2D eigenvalue weighted by Gasteiger charge is -2.21. The summed E-state index contributed by atoms with van der Waals surface area (Å²) in [6.07, 6.45) is -0.192. The number of unbranched alkanes of at least 4 members (excludes halogenated alkanes) is 1. The lowest BCUT2D eigenvalue weighted by Crippen LogP contribution is -2.52. The highest BCUT2D eigenvalue weighted by atomic mass is 32.2. The minimum Gasteiger partial charge on any atom is -0.480 e. The Bertz CT molecular complexity index is 1280. The number of carboxylic acid groups (broad SMARTS) is 1. The predicted molar refractivity (Wildman–Crippen MR) is 164 cm³/mol. The summed E-state index contributed by atoms with van der Waals surface area (Å²) in [5.74, 6) is -1.05. The summed E-state index contributed by atoms with van der Waals surface area (Å²) in [5.41, 5.74) is 2.70. The third kappa shape index (κ3) is 13.3. The van der Waals surface area contributed by atoms with Crippen LogP contribution < -0.4 is 16.0 Å². The maximum Gasteiger partial charge on any atom is 0.408 e. The van der Waals surface area contributed by atoms with E-state index in [0.29, 0.717) is 25.1 Å². The second-order valence-corrected chi connectivity index (χ2v) is 10.7. The van der Waals surface area contributed by atoms with Crippen molar-refractivity contribution in [1.29, 1.82) is 0 Å². The molecule has 0 spiro atoms. The van der Waals surface area contributed by atoms with Crippen molar-refractivity contribution in [2.24, 2.45) is 0 Å². The summed E-state index contributed by atoms with van der Waals surface area (Å²) < 4.78 is 10.5. The van der Waals surface area contributed by atoms with Crippen molar-refractivity contribution < 1.29 is 33.8 Å². The number of carbonyl (C=O) groups is 4. The molecule has 2 unspecified atom stereocenters. The first kappa shape index (κ1) is 33.0. The summed E-state index contributed by atoms with van der Waals surface area (Å²) in [6.45, 7) is 0.469. The van der Waals surface area contributed by atoms with Gasteiger partial charge in [-0.25, -0.2) is 14.4 Å². The molecule has 0 fully saturated rings. The third-order valence-corrected chi connectivity index (χ3v) is 7.34. The molecule has 0 heterocycles. The Labute approximate surface area is 255 Å². The van der Waals surface area contributed by atoms with Crippen molar-refractivity contribution in [2.45, 2.75) is 50.3 Å². The number of hydrogen-bond acceptors (Lipinski definition) is 7. The van der Waals surface area contributed by atoms with Crippen LogP contribution in [0.1, 0.15) is 36.0 Å². The SMILES string of the molecule is O=C(NCCCCC(NC(=O)OCc1ccccc1)C(=O)NC(CSCc1ccccc1)C(=O)O)OCc1ccccc1. The molecule has 0 aliphatic heterocycles. The van der Waals surface area contributed by atoms with Crippen LogP contribution in [0.3, 0.4) is 0 Å². The van der Waals surface area contributed by atoms with Gasteiger partial charge in [-0.2, -0.15) is 11.8 Å². The number of benzene rings is 3. The standard InChI is InChI=1S/C32H37N3O7S/c36-29(34-28(30(37)38)23-43-22-26-16-8-3-9-17-26)27(35-32(40)42-21-25-14-6-2-7-15-25)18-10-11-19-33-31(39)41-20-24-12-4-1-5-13-24/h1-9,12-17,27-28H,10-11,18-23H2,(H,33,39)(H,34,36)(H,35,40)(H,37,38). The van der Waals surface area contributed by atoms with Gasteiger partial charge in [-0.1, -0.05) is 91.0 Å². The van der Waals surface area contributed by atoms with Gasteiger partial charge in [0.25, 0.3) is 0 Å². The molecule has 3 aromatic rings. The van der Waals surface area contributed by atoms with E-state index < -0.39 is 36.1 Å². The fourth-order valence-electron chi connectivity index (χ4n) is 3.93. The molecule has 11 heteroatoms. The molecule has 0 aliphatic carbocycles. The van der Waals surface area contributed by atoms with Crippen LogP contribution in [0.4, 0.5) is 9.59 Å². The first-order valence-corrected chi connectivity index (χ1v) is 15.1. The third-order valence-electron chi connectivity index (χ3n) is 6.23. The van der Waals surface area contributed by atoms with E-state index in [1.165, 1.54) is 11.8 Å². The van der Waals surface area contributed by atoms with Gasteiger partial charge in [0.2, 0.25) is 5.91 Å². The molecule has 3 aromatic carbocycles. The fourth-order valence-corrected chi connectivity index (χ4v) is 4.94. The minimum absolute atomic E-state index is 0.0178. The number of carboxylic acids is 1. The van der Waals surface area contributed by atoms with Crippen molar-refractivity contribution >= 4 is 35.8 Å². The predicted octanol–water partition coefficient (Wildman–Crippen LogP) is 4.88. The lowest BCUT2D eigenvalue weighted by atomic mass is 10.1. The van der Waals surface area contributed by atoms with Crippen LogP contribution in [0, 0.1) is 0 Å². The Hall–Kier alpha value is -4.51. The zero-order valence-electron chi connectivity index (χ0n) is 23.8. The van der Waals surface area contributed by atoms with Crippen LogP contribution in [0.5, 0.6) is 0 Å². The maximum absolute atomic E-state index is 13.1. The quantitative estimate of drug-likeness (QED) is 0.159. The Balaban J connectivity index is 1.49. The largest absolute Gasteiger partial charge is 0.480 e. The number of nitrogens with one attached hydrogen (secondary N) is 3. The first-order valence-electron chi connectivity index (χ1n) is 14.0. The van der Waals surface area contributed by atoms with E-state index in [1.54, 1.807) is 12.1 Å². The fraction of sp³-hybridized carbons (Fsp3) is 0.312. The molecule has 0 saturated carbocycles. The van der Waals surface area contributed by atoms with Crippen molar-refractivity contribution in [1.82, 2.24) is 16.0 Å². The van der Waals surface area contributed by atoms with Crippen molar-refractivity contribution in [3.8, 4) is 0 Å². The summed E-state index contributed by atoms with van der Waals surface area (Å²) >= 11 is 1.39. The monoisotopic (exact) mass is 607 g/mol. The second-order valence-electron chi connectivity index (χ2n) is 9.64. The molecule has 2 atom stereocenters. The van der Waals surface area contributed by atoms with Gasteiger partial charge in [0.1, 0.15) is 25.3 Å². The van der Waals surface area contributed by atoms with Crippen LogP contribution in [0.25, 0.3) is 0 Å². The number of amides is 3. The van der Waals surface area contributed by atoms with E-state index in [1.807, 2.05) is 78.9 Å². The smallest absolute Gasteiger partial charge is 0.408 e. The average molecular weight is 608 g/mol. The van der Waals surface area contributed by atoms with Gasteiger partial charge in [0.05, 0.1) is 0 Å². The number of hydrogen-bond donors (Lipinski definition) is 4. The molecule has 4 N–H and O–H groups in total. The Kier molecular flexibility index (Phi) is 14.4. The van der Waals surface area contributed by atoms with Crippen LogP contribution in [0.2, 0.25) is 0 Å². The highest BCUT2D eigenvalue weighted by molar-refractivity contribution is 7.98. The van der Waals surface area contributed by atoms with Gasteiger partial charge in [-0.3, -0.25) is 4.79 Å². The summed E-state index contributed by atoms with van der Waals surface area (Å²) in [7, 11) is 0. The zero-order valence-corrected chi connectivity index (χ0v) is 24.6. The van der Waals surface area contributed by atoms with Crippen LogP contribution in [-0.2, 0) is 38.0 Å². The van der Waals surface area contributed by atoms with E-state index in [2.05, 4.69) is 16.0 Å². The molecule has 43 heavy (non-hydrogen) atoms. The molecule has 3 amide bonds. The second kappa shape index (κ2) is 18.8. The number of alkyl carbamates (subject to hydrolysis) is 2. The molecular formula is C32H37N3O7S. The maximum atomic E-state index is 13.1. The van der Waals surface area contributed by atoms with Crippen molar-refractivity contribution in [2.75, 3.05) is 12.3 Å². The average Bonchev–Trinajstić information content (AvgIpc) is 3.03. The number of ether oxygens (including phenoxy) is 2. The van der Waals surface area contributed by atoms with E-state index in [4.69, 9.17) is 9.47 Å². The van der Waals surface area contributed by atoms with Crippen LogP contribution in [-0.4, -0.2) is 53.6 Å². The molecular weight excluding hydrogens is 570 g/mol. The topological polar surface area (TPSA) is 143 Å². The van der Waals surface area contributed by atoms with E-state index in [0.717, 1.165) is 16.7 Å². The van der Waals surface area contributed by atoms with Gasteiger partial charge < -0.3 is 30.5 Å². The normalized spacial score (nSPS) is 11.9. The number of carbonyl (C=O) groups excluding carboxylic acids is 3. The molecule has 3 rings (SSSR count). The molecule has 0 aliphatic rings. The molecule has 0 bridgehead atoms. The molecule has 0 radical (unpaired) electrons. The van der Waals surface area contributed by atoms with Gasteiger partial charge in [-0.05, 0) is 36.0 Å². The lowest BCUT2D eigenvalue weighted by molar-refractivity contribution is -0.141. The Morgan fingerprint density at radius 3 is 1.77 bits per heavy atom. The summed E-state index contributed by atoms with van der Waals surface area (Å²) in [6, 6.07) is 25.8. The van der Waals surface area contributed by atoms with Crippen molar-refractivity contribution in [3.63, 3.8) is 0 Å². The van der Waals surface area contributed by atoms with Crippen molar-refractivity contribution in [3.05, 3.63) is 108 Å². The van der Waals surface area contributed by atoms with Gasteiger partial charge in [0, 0.05) is 18.1 Å². The first-order chi connectivity index (χ1) is 20.9. The van der Waals surface area contributed by atoms with E-state index >= 15 is 0 Å². The molecule has 10 nitrogen and oxygen atoms in total. The number of rotatable bonds is 17. The Morgan fingerprint density at radius 1 is 0.674 bits per heavy atom. The molecule has 0 saturated heterocycles. The highest BCUT2D eigenvalue weighted by Crippen LogP contribution is 2.14. The molecule has 228 valence electrons. The summed E-state index contributed by atoms with van der Waals surface area (Å²) in [5, 5.41) is 17.5. The van der Waals surface area contributed by atoms with E-state index in [9.17, 15) is 24.3 Å². The Morgan fingerprint density at radius 2 is 1.21 bits per heavy atom. The number of aliphatic carboxylic acids is 1. The van der Waals surface area contributed by atoms with Gasteiger partial charge in [0.15, 0.2) is 0 Å².